The number of carbonyl (C=O) groups excluding carboxylic acids is 6. The number of aromatic carboxylic acids is 2. The lowest BCUT2D eigenvalue weighted by Gasteiger charge is -2.17. The smallest absolute Gasteiger partial charge is 0.335 e. The van der Waals surface area contributed by atoms with Crippen molar-refractivity contribution in [2.24, 2.45) is 11.8 Å². The zero-order valence-corrected chi connectivity index (χ0v) is 49.9. The molecule has 2 fully saturated rings. The van der Waals surface area contributed by atoms with Crippen LogP contribution in [0.1, 0.15) is 213 Å². The number of aromatic nitrogens is 6. The highest BCUT2D eigenvalue weighted by Crippen LogP contribution is 2.37. The molecule has 2 atom stereocenters. The molecule has 4 heterocycles. The van der Waals surface area contributed by atoms with Gasteiger partial charge in [0.25, 0.3) is 35.4 Å². The van der Waals surface area contributed by atoms with Crippen LogP contribution >= 0.6 is 11.6 Å². The maximum atomic E-state index is 13.9. The molecule has 8 N–H and O–H groups in total. The number of nitrogens with zero attached hydrogens (tertiary/aromatic N) is 6. The number of carboxylic acids is 2. The van der Waals surface area contributed by atoms with Crippen LogP contribution in [-0.4, -0.2) is 99.9 Å². The molecule has 0 saturated heterocycles. The molecule has 4 aromatic carbocycles. The Labute approximate surface area is 524 Å². The van der Waals surface area contributed by atoms with E-state index in [1.165, 1.54) is 46.4 Å². The van der Waals surface area contributed by atoms with E-state index in [1.807, 2.05) is 6.07 Å². The Kier molecular flexibility index (Phi) is 19.4. The molecular weight excluding hydrogens is 1170 g/mol. The molecule has 6 amide bonds. The quantitative estimate of drug-likeness (QED) is 0.0417. The molecule has 4 aliphatic rings. The second kappa shape index (κ2) is 27.7. The van der Waals surface area contributed by atoms with E-state index in [0.29, 0.717) is 78.1 Å². The van der Waals surface area contributed by atoms with Crippen molar-refractivity contribution in [1.82, 2.24) is 50.5 Å². The predicted octanol–water partition coefficient (Wildman–Crippen LogP) is 10.7. The summed E-state index contributed by atoms with van der Waals surface area (Å²) in [7, 11) is 0. The highest BCUT2D eigenvalue weighted by Gasteiger charge is 2.33. The van der Waals surface area contributed by atoms with Gasteiger partial charge in [-0.3, -0.25) is 28.8 Å². The molecule has 0 spiro atoms. The van der Waals surface area contributed by atoms with Crippen molar-refractivity contribution in [3.8, 4) is 0 Å². The third kappa shape index (κ3) is 13.7. The lowest BCUT2D eigenvalue weighted by Crippen LogP contribution is -2.32. The first-order chi connectivity index (χ1) is 43.0. The van der Waals surface area contributed by atoms with Gasteiger partial charge < -0.3 is 42.1 Å². The summed E-state index contributed by atoms with van der Waals surface area (Å²) in [4.78, 5) is 113. The molecule has 0 aliphatic heterocycles. The SMILES string of the molecule is C.Cc1c(C(=O)O)ccc2c1CC[C@@H]2NC(=O)c1cc(C(=O)NCC2CCCC2)nc2c(C(=O)Nc3ccccc3)cnn12.Cc1c(C(=O)O)ccc2c1CC[C@@H]2NC(=O)c1cc(C(=O)NCC2CCCCCC2)nc2c(C(=O)Nc3ccc(Cl)cc3)cnn12. The molecule has 0 radical (unpaired) electrons. The number of benzene rings is 4. The maximum Gasteiger partial charge on any atom is 0.335 e. The second-order valence-corrected chi connectivity index (χ2v) is 23.6. The van der Waals surface area contributed by atoms with E-state index in [-0.39, 0.29) is 75.8 Å². The number of para-hydroxylation sites is 1. The summed E-state index contributed by atoms with van der Waals surface area (Å²) >= 11 is 5.98. The van der Waals surface area contributed by atoms with Crippen LogP contribution in [0.15, 0.2) is 103 Å². The fourth-order valence-electron chi connectivity index (χ4n) is 12.7. The molecule has 12 rings (SSSR count). The third-order valence-corrected chi connectivity index (χ3v) is 17.8. The standard InChI is InChI=1S/C34H35ClN6O5.C32H32N6O5.CH4/c1-19-23-14-15-27(25(23)13-12-24(19)34(45)46)40-33(44)29-16-28(32(43)36-17-20-6-4-2-3-5-7-20)39-30-26(18-37-41(29)30)31(42)38-22-10-8-21(35)9-11-22;1-18-21-13-14-25(23(21)12-11-22(18)32(42)43)37-31(41)27-15-26(30(40)33-16-19-7-5-6-8-19)36-28-24(17-34-38(27)28)29(39)35-20-9-3-2-4-10-20;/h8-13,16,18,20,27H,2-7,14-15,17H2,1H3,(H,36,43)(H,38,42)(H,40,44)(H,45,46);2-4,9-12,15,17,19,25H,5-8,13-14,16H2,1H3,(H,33,40)(H,35,39)(H,37,41)(H,42,43);1H4/t27-;25-;/m00./s1. The van der Waals surface area contributed by atoms with E-state index in [4.69, 9.17) is 11.6 Å². The number of halogens is 1. The van der Waals surface area contributed by atoms with Gasteiger partial charge in [0.1, 0.15) is 33.9 Å². The maximum absolute atomic E-state index is 13.9. The number of hydrogen-bond acceptors (Lipinski definition) is 12. The van der Waals surface area contributed by atoms with Crippen molar-refractivity contribution in [3.05, 3.63) is 187 Å². The first kappa shape index (κ1) is 63.2. The molecule has 4 aromatic heterocycles. The number of hydrogen-bond donors (Lipinski definition) is 8. The second-order valence-electron chi connectivity index (χ2n) is 23.2. The number of rotatable bonds is 16. The van der Waals surface area contributed by atoms with E-state index < -0.39 is 47.4 Å². The zero-order chi connectivity index (χ0) is 62.5. The van der Waals surface area contributed by atoms with Gasteiger partial charge in [-0.2, -0.15) is 10.2 Å². The van der Waals surface area contributed by atoms with Crippen molar-refractivity contribution in [3.63, 3.8) is 0 Å². The number of nitrogens with one attached hydrogen (secondary N) is 6. The highest BCUT2D eigenvalue weighted by molar-refractivity contribution is 6.30. The normalized spacial score (nSPS) is 16.1. The molecule has 22 nitrogen and oxygen atoms in total. The molecule has 0 unspecified atom stereocenters. The molecule has 90 heavy (non-hydrogen) atoms. The number of carboxylic acid groups (broad SMARTS) is 2. The van der Waals surface area contributed by atoms with Crippen molar-refractivity contribution >= 4 is 81.7 Å². The van der Waals surface area contributed by atoms with E-state index in [1.54, 1.807) is 86.6 Å². The van der Waals surface area contributed by atoms with Gasteiger partial charge in [-0.25, -0.2) is 28.6 Å². The minimum absolute atomic E-state index is 0. The van der Waals surface area contributed by atoms with E-state index >= 15 is 0 Å². The summed E-state index contributed by atoms with van der Waals surface area (Å²) < 4.78 is 2.54. The van der Waals surface area contributed by atoms with Crippen molar-refractivity contribution in [1.29, 1.82) is 0 Å². The highest BCUT2D eigenvalue weighted by atomic mass is 35.5. The molecule has 466 valence electrons. The minimum atomic E-state index is -0.994. The summed E-state index contributed by atoms with van der Waals surface area (Å²) in [5, 5.41) is 45.8. The average Bonchev–Trinajstić information content (AvgIpc) is 1.87. The van der Waals surface area contributed by atoms with Crippen LogP contribution in [0.2, 0.25) is 5.02 Å². The lowest BCUT2D eigenvalue weighted by atomic mass is 9.98. The molecular formula is C67H71ClN12O10. The number of fused-ring (bicyclic) bond motifs is 4. The summed E-state index contributed by atoms with van der Waals surface area (Å²) in [5.41, 5.74) is 6.94. The first-order valence-corrected chi connectivity index (χ1v) is 30.5. The number of anilines is 2. The molecule has 23 heteroatoms. The Hall–Kier alpha value is -9.83. The van der Waals surface area contributed by atoms with Gasteiger partial charge in [-0.15, -0.1) is 0 Å². The van der Waals surface area contributed by atoms with Gasteiger partial charge in [0.15, 0.2) is 11.3 Å². The van der Waals surface area contributed by atoms with Gasteiger partial charge in [0.2, 0.25) is 0 Å². The van der Waals surface area contributed by atoms with Crippen LogP contribution in [0.4, 0.5) is 11.4 Å². The Morgan fingerprint density at radius 3 is 1.33 bits per heavy atom. The van der Waals surface area contributed by atoms with Crippen molar-refractivity contribution in [2.75, 3.05) is 23.7 Å². The van der Waals surface area contributed by atoms with Crippen LogP contribution in [0.5, 0.6) is 0 Å². The zero-order valence-electron chi connectivity index (χ0n) is 49.2. The first-order valence-electron chi connectivity index (χ1n) is 30.1. The van der Waals surface area contributed by atoms with Crippen LogP contribution in [0.3, 0.4) is 0 Å². The summed E-state index contributed by atoms with van der Waals surface area (Å²) in [5.74, 6) is -4.05. The third-order valence-electron chi connectivity index (χ3n) is 17.5. The fraction of sp³-hybridized carbons (Fsp3) is 0.343. The van der Waals surface area contributed by atoms with Crippen LogP contribution in [-0.2, 0) is 12.8 Å². The van der Waals surface area contributed by atoms with Crippen molar-refractivity contribution < 1.29 is 48.6 Å². The van der Waals surface area contributed by atoms with Crippen LogP contribution in [0.25, 0.3) is 11.3 Å². The lowest BCUT2D eigenvalue weighted by molar-refractivity contribution is 0.0685. The average molecular weight is 1240 g/mol. The molecule has 4 aliphatic carbocycles. The van der Waals surface area contributed by atoms with Crippen LogP contribution < -0.4 is 31.9 Å². The largest absolute Gasteiger partial charge is 0.478 e. The number of amides is 6. The number of carbonyl (C=O) groups is 8. The fourth-order valence-corrected chi connectivity index (χ4v) is 12.8. The molecule has 2 saturated carbocycles. The Morgan fingerprint density at radius 2 is 0.911 bits per heavy atom. The molecule has 0 bridgehead atoms. The van der Waals surface area contributed by atoms with Gasteiger partial charge in [-0.05, 0) is 159 Å². The van der Waals surface area contributed by atoms with Gasteiger partial charge in [0, 0.05) is 41.6 Å². The summed E-state index contributed by atoms with van der Waals surface area (Å²) in [6.07, 6.45) is 16.3. The van der Waals surface area contributed by atoms with Crippen LogP contribution in [0, 0.1) is 25.7 Å². The van der Waals surface area contributed by atoms with E-state index in [2.05, 4.69) is 52.1 Å². The topological polar surface area (TPSA) is 310 Å². The monoisotopic (exact) mass is 1240 g/mol. The summed E-state index contributed by atoms with van der Waals surface area (Å²) in [6, 6.07) is 24.2. The van der Waals surface area contributed by atoms with E-state index in [9.17, 15) is 48.6 Å². The van der Waals surface area contributed by atoms with Crippen molar-refractivity contribution in [2.45, 2.75) is 123 Å². The molecule has 8 aromatic rings. The summed E-state index contributed by atoms with van der Waals surface area (Å²) in [6.45, 7) is 4.58. The van der Waals surface area contributed by atoms with Gasteiger partial charge >= 0.3 is 11.9 Å². The Bertz CT molecular complexity index is 4100. The van der Waals surface area contributed by atoms with Gasteiger partial charge in [0.05, 0.1) is 35.6 Å². The minimum Gasteiger partial charge on any atom is -0.478 e. The van der Waals surface area contributed by atoms with Gasteiger partial charge in [-0.1, -0.05) is 87.9 Å². The Morgan fingerprint density at radius 1 is 0.500 bits per heavy atom. The van der Waals surface area contributed by atoms with E-state index in [0.717, 1.165) is 73.6 Å². The predicted molar refractivity (Wildman–Crippen MR) is 338 cm³/mol. The Balaban J connectivity index is 0.000000196.